The van der Waals surface area contributed by atoms with Gasteiger partial charge >= 0.3 is 5.97 Å². The number of carboxylic acid groups (broad SMARTS) is 1. The molecule has 4 nitrogen and oxygen atoms in total. The molecule has 3 unspecified atom stereocenters. The molecular weight excluding hydrogens is 208 g/mol. The highest BCUT2D eigenvalue weighted by Gasteiger charge is 2.56. The first-order chi connectivity index (χ1) is 7.69. The summed E-state index contributed by atoms with van der Waals surface area (Å²) in [6.07, 6.45) is 4.26. The number of aliphatic carboxylic acids is 1. The van der Waals surface area contributed by atoms with Crippen molar-refractivity contribution in [2.45, 2.75) is 51.2 Å². The Morgan fingerprint density at radius 2 is 2.38 bits per heavy atom. The van der Waals surface area contributed by atoms with Gasteiger partial charge in [-0.25, -0.2) is 0 Å². The predicted octanol–water partition coefficient (Wildman–Crippen LogP) is 1.83. The molecule has 0 spiro atoms. The van der Waals surface area contributed by atoms with E-state index >= 15 is 0 Å². The maximum absolute atomic E-state index is 11.5. The molecule has 2 rings (SSSR count). The summed E-state index contributed by atoms with van der Waals surface area (Å²) in [6, 6.07) is 0. The highest BCUT2D eigenvalue weighted by atomic mass is 16.5. The second-order valence-corrected chi connectivity index (χ2v) is 4.79. The maximum atomic E-state index is 11.5. The van der Waals surface area contributed by atoms with Crippen molar-refractivity contribution >= 4 is 5.97 Å². The fourth-order valence-electron chi connectivity index (χ4n) is 3.03. The van der Waals surface area contributed by atoms with Crippen molar-refractivity contribution in [2.75, 3.05) is 13.2 Å². The monoisotopic (exact) mass is 228 g/mol. The van der Waals surface area contributed by atoms with Gasteiger partial charge in [0.15, 0.2) is 0 Å². The van der Waals surface area contributed by atoms with E-state index in [1.54, 1.807) is 0 Å². The number of rotatable bonds is 6. The third-order valence-corrected chi connectivity index (χ3v) is 3.86. The third-order valence-electron chi connectivity index (χ3n) is 3.86. The Hall–Kier alpha value is -0.610. The van der Waals surface area contributed by atoms with Gasteiger partial charge < -0.3 is 14.6 Å². The number of hydrogen-bond donors (Lipinski definition) is 1. The van der Waals surface area contributed by atoms with Gasteiger partial charge in [-0.3, -0.25) is 4.79 Å². The summed E-state index contributed by atoms with van der Waals surface area (Å²) >= 11 is 0. The lowest BCUT2D eigenvalue weighted by atomic mass is 9.71. The topological polar surface area (TPSA) is 55.8 Å². The van der Waals surface area contributed by atoms with Crippen LogP contribution in [-0.2, 0) is 14.3 Å². The molecule has 0 aromatic carbocycles. The van der Waals surface area contributed by atoms with Gasteiger partial charge in [-0.05, 0) is 39.0 Å². The Kier molecular flexibility index (Phi) is 3.50. The minimum atomic E-state index is -0.684. The fourth-order valence-corrected chi connectivity index (χ4v) is 3.03. The highest BCUT2D eigenvalue weighted by molar-refractivity contribution is 5.76. The average Bonchev–Trinajstić information content (AvgIpc) is 2.84. The van der Waals surface area contributed by atoms with Gasteiger partial charge in [0.1, 0.15) is 0 Å². The average molecular weight is 228 g/mol. The summed E-state index contributed by atoms with van der Waals surface area (Å²) in [5.41, 5.74) is -0.625. The first-order valence-corrected chi connectivity index (χ1v) is 6.15. The molecule has 4 heteroatoms. The Morgan fingerprint density at radius 1 is 1.56 bits per heavy atom. The van der Waals surface area contributed by atoms with Crippen LogP contribution in [0.2, 0.25) is 0 Å². The lowest BCUT2D eigenvalue weighted by Gasteiger charge is -2.30. The van der Waals surface area contributed by atoms with Crippen LogP contribution in [0.5, 0.6) is 0 Å². The minimum Gasteiger partial charge on any atom is -0.481 e. The van der Waals surface area contributed by atoms with Crippen molar-refractivity contribution in [1.82, 2.24) is 0 Å². The van der Waals surface area contributed by atoms with E-state index in [1.165, 1.54) is 0 Å². The quantitative estimate of drug-likeness (QED) is 0.705. The van der Waals surface area contributed by atoms with Crippen molar-refractivity contribution in [3.05, 3.63) is 0 Å². The molecule has 0 amide bonds. The summed E-state index contributed by atoms with van der Waals surface area (Å²) < 4.78 is 10.9. The van der Waals surface area contributed by atoms with Gasteiger partial charge in [0.2, 0.25) is 0 Å². The van der Waals surface area contributed by atoms with E-state index in [0.29, 0.717) is 26.1 Å². The smallest absolute Gasteiger partial charge is 0.312 e. The van der Waals surface area contributed by atoms with E-state index in [-0.39, 0.29) is 12.2 Å². The minimum absolute atomic E-state index is 0.0587. The highest BCUT2D eigenvalue weighted by Crippen LogP contribution is 2.50. The summed E-state index contributed by atoms with van der Waals surface area (Å²) in [6.45, 7) is 3.30. The number of carboxylic acids is 1. The molecule has 0 saturated carbocycles. The van der Waals surface area contributed by atoms with Crippen LogP contribution < -0.4 is 0 Å². The van der Waals surface area contributed by atoms with Crippen LogP contribution in [0.4, 0.5) is 0 Å². The largest absolute Gasteiger partial charge is 0.481 e. The number of fused-ring (bicyclic) bond motifs is 2. The number of hydrogen-bond acceptors (Lipinski definition) is 3. The molecule has 92 valence electrons. The molecule has 0 radical (unpaired) electrons. The maximum Gasteiger partial charge on any atom is 0.312 e. The molecule has 0 aromatic heterocycles. The Balaban J connectivity index is 1.93. The van der Waals surface area contributed by atoms with Crippen LogP contribution in [0, 0.1) is 5.41 Å². The fraction of sp³-hybridized carbons (Fsp3) is 0.917. The van der Waals surface area contributed by atoms with E-state index in [1.807, 2.05) is 6.92 Å². The number of carbonyl (C=O) groups is 1. The van der Waals surface area contributed by atoms with Crippen LogP contribution >= 0.6 is 0 Å². The van der Waals surface area contributed by atoms with E-state index in [0.717, 1.165) is 19.3 Å². The summed E-state index contributed by atoms with van der Waals surface area (Å²) in [7, 11) is 0. The van der Waals surface area contributed by atoms with Crippen molar-refractivity contribution in [3.63, 3.8) is 0 Å². The SMILES string of the molecule is CCOCCCC1(C(=O)O)CC2CCC1O2. The van der Waals surface area contributed by atoms with Gasteiger partial charge in [-0.15, -0.1) is 0 Å². The Morgan fingerprint density at radius 3 is 2.88 bits per heavy atom. The van der Waals surface area contributed by atoms with Crippen LogP contribution in [0.1, 0.15) is 39.0 Å². The van der Waals surface area contributed by atoms with Gasteiger partial charge in [0.05, 0.1) is 17.6 Å². The summed E-state index contributed by atoms with van der Waals surface area (Å²) in [5.74, 6) is -0.684. The van der Waals surface area contributed by atoms with E-state index in [9.17, 15) is 9.90 Å². The summed E-state index contributed by atoms with van der Waals surface area (Å²) in [5, 5.41) is 9.42. The normalized spacial score (nSPS) is 36.8. The molecule has 2 heterocycles. The van der Waals surface area contributed by atoms with Crippen molar-refractivity contribution < 1.29 is 19.4 Å². The summed E-state index contributed by atoms with van der Waals surface area (Å²) in [4.78, 5) is 11.5. The van der Waals surface area contributed by atoms with E-state index in [2.05, 4.69) is 0 Å². The first kappa shape index (κ1) is 11.9. The molecule has 2 bridgehead atoms. The Bertz CT molecular complexity index is 266. The van der Waals surface area contributed by atoms with Gasteiger partial charge in [0, 0.05) is 13.2 Å². The molecule has 2 saturated heterocycles. The lowest BCUT2D eigenvalue weighted by Crippen LogP contribution is -2.40. The zero-order valence-corrected chi connectivity index (χ0v) is 9.78. The standard InChI is InChI=1S/C12H20O4/c1-2-15-7-3-6-12(11(13)14)8-9-4-5-10(12)16-9/h9-10H,2-8H2,1H3,(H,13,14). The molecule has 2 fully saturated rings. The molecule has 0 aliphatic carbocycles. The zero-order valence-electron chi connectivity index (χ0n) is 9.78. The zero-order chi connectivity index (χ0) is 11.6. The molecular formula is C12H20O4. The molecule has 2 aliphatic heterocycles. The van der Waals surface area contributed by atoms with Crippen LogP contribution in [-0.4, -0.2) is 36.5 Å². The van der Waals surface area contributed by atoms with Crippen molar-refractivity contribution in [2.24, 2.45) is 5.41 Å². The molecule has 3 atom stereocenters. The van der Waals surface area contributed by atoms with Crippen molar-refractivity contribution in [3.8, 4) is 0 Å². The second-order valence-electron chi connectivity index (χ2n) is 4.79. The predicted molar refractivity (Wildman–Crippen MR) is 58.3 cm³/mol. The van der Waals surface area contributed by atoms with Crippen LogP contribution in [0.15, 0.2) is 0 Å². The van der Waals surface area contributed by atoms with Crippen molar-refractivity contribution in [1.29, 1.82) is 0 Å². The second kappa shape index (κ2) is 4.72. The molecule has 2 aliphatic rings. The molecule has 0 aromatic rings. The van der Waals surface area contributed by atoms with Gasteiger partial charge in [-0.1, -0.05) is 0 Å². The molecule has 1 N–H and O–H groups in total. The van der Waals surface area contributed by atoms with Crippen LogP contribution in [0.25, 0.3) is 0 Å². The van der Waals surface area contributed by atoms with Gasteiger partial charge in [-0.2, -0.15) is 0 Å². The third kappa shape index (κ3) is 1.96. The Labute approximate surface area is 95.9 Å². The van der Waals surface area contributed by atoms with Crippen LogP contribution in [0.3, 0.4) is 0 Å². The first-order valence-electron chi connectivity index (χ1n) is 6.15. The number of ether oxygens (including phenoxy) is 2. The van der Waals surface area contributed by atoms with Gasteiger partial charge in [0.25, 0.3) is 0 Å². The molecule has 16 heavy (non-hydrogen) atoms. The lowest BCUT2D eigenvalue weighted by molar-refractivity contribution is -0.153. The van der Waals surface area contributed by atoms with E-state index in [4.69, 9.17) is 9.47 Å². The van der Waals surface area contributed by atoms with E-state index < -0.39 is 11.4 Å².